The molecular weight excluding hydrogens is 260 g/mol. The Morgan fingerprint density at radius 2 is 2.29 bits per heavy atom. The summed E-state index contributed by atoms with van der Waals surface area (Å²) in [5.74, 6) is 0.607. The lowest BCUT2D eigenvalue weighted by Crippen LogP contribution is -2.02. The molecule has 0 saturated carbocycles. The van der Waals surface area contributed by atoms with Crippen molar-refractivity contribution in [2.75, 3.05) is 0 Å². The average Bonchev–Trinajstić information content (AvgIpc) is 2.52. The minimum Gasteiger partial charge on any atom is -0.388 e. The van der Waals surface area contributed by atoms with Gasteiger partial charge in [0.1, 0.15) is 0 Å². The second kappa shape index (κ2) is 5.89. The van der Waals surface area contributed by atoms with E-state index in [1.54, 1.807) is 11.3 Å². The van der Waals surface area contributed by atoms with E-state index in [2.05, 4.69) is 29.8 Å². The third-order valence-electron chi connectivity index (χ3n) is 2.32. The highest BCUT2D eigenvalue weighted by molar-refractivity contribution is 9.10. The normalized spacial score (nSPS) is 15.4. The Morgan fingerprint density at radius 1 is 1.57 bits per heavy atom. The maximum atomic E-state index is 9.92. The molecule has 14 heavy (non-hydrogen) atoms. The molecule has 0 aliphatic carbocycles. The largest absolute Gasteiger partial charge is 0.388 e. The van der Waals surface area contributed by atoms with Gasteiger partial charge in [-0.3, -0.25) is 0 Å². The highest BCUT2D eigenvalue weighted by Crippen LogP contribution is 2.30. The van der Waals surface area contributed by atoms with Crippen molar-refractivity contribution in [1.29, 1.82) is 0 Å². The molecule has 0 saturated heterocycles. The molecule has 1 rings (SSSR count). The van der Waals surface area contributed by atoms with Crippen molar-refractivity contribution in [2.24, 2.45) is 5.92 Å². The number of thiophene rings is 1. The Morgan fingerprint density at radius 3 is 2.79 bits per heavy atom. The lowest BCUT2D eigenvalue weighted by atomic mass is 9.98. The molecule has 1 aromatic rings. The fourth-order valence-corrected chi connectivity index (χ4v) is 3.05. The van der Waals surface area contributed by atoms with E-state index in [0.717, 1.165) is 15.8 Å². The SMILES string of the molecule is CCCC(C)CC(O)c1cc(Br)cs1. The van der Waals surface area contributed by atoms with Crippen molar-refractivity contribution >= 4 is 27.3 Å². The molecule has 0 aromatic carbocycles. The summed E-state index contributed by atoms with van der Waals surface area (Å²) in [5, 5.41) is 11.9. The first-order valence-corrected chi connectivity index (χ1v) is 6.72. The van der Waals surface area contributed by atoms with Gasteiger partial charge in [0.25, 0.3) is 0 Å². The third-order valence-corrected chi connectivity index (χ3v) is 4.12. The number of halogens is 1. The zero-order valence-corrected chi connectivity index (χ0v) is 11.1. The highest BCUT2D eigenvalue weighted by atomic mass is 79.9. The molecule has 0 bridgehead atoms. The summed E-state index contributed by atoms with van der Waals surface area (Å²) in [4.78, 5) is 1.07. The summed E-state index contributed by atoms with van der Waals surface area (Å²) in [6.45, 7) is 4.39. The van der Waals surface area contributed by atoms with Gasteiger partial charge in [-0.25, -0.2) is 0 Å². The third kappa shape index (κ3) is 3.71. The van der Waals surface area contributed by atoms with Gasteiger partial charge in [-0.15, -0.1) is 11.3 Å². The maximum absolute atomic E-state index is 9.92. The van der Waals surface area contributed by atoms with Gasteiger partial charge in [0, 0.05) is 14.7 Å². The number of hydrogen-bond donors (Lipinski definition) is 1. The van der Waals surface area contributed by atoms with Crippen molar-refractivity contribution in [1.82, 2.24) is 0 Å². The summed E-state index contributed by atoms with van der Waals surface area (Å²) in [6.07, 6.45) is 2.99. The van der Waals surface area contributed by atoms with Crippen LogP contribution in [-0.4, -0.2) is 5.11 Å². The van der Waals surface area contributed by atoms with Crippen molar-refractivity contribution in [3.63, 3.8) is 0 Å². The molecule has 0 radical (unpaired) electrons. The van der Waals surface area contributed by atoms with Gasteiger partial charge in [0.05, 0.1) is 6.10 Å². The molecule has 0 amide bonds. The van der Waals surface area contributed by atoms with E-state index < -0.39 is 0 Å². The summed E-state index contributed by atoms with van der Waals surface area (Å²) in [7, 11) is 0. The summed E-state index contributed by atoms with van der Waals surface area (Å²) >= 11 is 5.02. The summed E-state index contributed by atoms with van der Waals surface area (Å²) < 4.78 is 1.07. The Hall–Kier alpha value is 0.140. The smallest absolute Gasteiger partial charge is 0.0884 e. The predicted molar refractivity (Wildman–Crippen MR) is 65.7 cm³/mol. The van der Waals surface area contributed by atoms with Crippen molar-refractivity contribution in [3.05, 3.63) is 20.8 Å². The first-order valence-electron chi connectivity index (χ1n) is 5.05. The van der Waals surface area contributed by atoms with E-state index in [9.17, 15) is 5.11 Å². The number of aliphatic hydroxyl groups excluding tert-OH is 1. The molecule has 1 nitrogen and oxygen atoms in total. The van der Waals surface area contributed by atoms with E-state index in [0.29, 0.717) is 5.92 Å². The lowest BCUT2D eigenvalue weighted by Gasteiger charge is -2.14. The number of hydrogen-bond acceptors (Lipinski definition) is 2. The van der Waals surface area contributed by atoms with Gasteiger partial charge in [0.15, 0.2) is 0 Å². The standard InChI is InChI=1S/C11H17BrOS/c1-3-4-8(2)5-10(13)11-6-9(12)7-14-11/h6-8,10,13H,3-5H2,1-2H3. The minimum absolute atomic E-state index is 0.284. The van der Waals surface area contributed by atoms with Crippen LogP contribution in [0.1, 0.15) is 44.1 Å². The van der Waals surface area contributed by atoms with Crippen LogP contribution in [0.15, 0.2) is 15.9 Å². The van der Waals surface area contributed by atoms with Crippen LogP contribution < -0.4 is 0 Å². The predicted octanol–water partition coefficient (Wildman–Crippen LogP) is 4.37. The van der Waals surface area contributed by atoms with Crippen LogP contribution >= 0.6 is 27.3 Å². The van der Waals surface area contributed by atoms with Crippen molar-refractivity contribution < 1.29 is 5.11 Å². The number of aliphatic hydroxyl groups is 1. The van der Waals surface area contributed by atoms with Crippen LogP contribution in [0.5, 0.6) is 0 Å². The van der Waals surface area contributed by atoms with Crippen LogP contribution in [0.2, 0.25) is 0 Å². The second-order valence-electron chi connectivity index (χ2n) is 3.81. The molecule has 0 aliphatic rings. The van der Waals surface area contributed by atoms with E-state index in [-0.39, 0.29) is 6.10 Å². The van der Waals surface area contributed by atoms with Crippen LogP contribution in [-0.2, 0) is 0 Å². The highest BCUT2D eigenvalue weighted by Gasteiger charge is 2.13. The van der Waals surface area contributed by atoms with Gasteiger partial charge < -0.3 is 5.11 Å². The zero-order valence-electron chi connectivity index (χ0n) is 8.66. The second-order valence-corrected chi connectivity index (χ2v) is 5.67. The molecule has 0 aliphatic heterocycles. The van der Waals surface area contributed by atoms with Gasteiger partial charge in [-0.2, -0.15) is 0 Å². The summed E-state index contributed by atoms with van der Waals surface area (Å²) in [6, 6.07) is 2.01. The molecule has 1 heterocycles. The monoisotopic (exact) mass is 276 g/mol. The van der Waals surface area contributed by atoms with Gasteiger partial charge in [-0.05, 0) is 34.3 Å². The zero-order chi connectivity index (χ0) is 10.6. The van der Waals surface area contributed by atoms with E-state index in [1.807, 2.05) is 11.4 Å². The Labute approximate surface area is 98.3 Å². The first-order chi connectivity index (χ1) is 6.63. The molecule has 2 atom stereocenters. The molecule has 1 N–H and O–H groups in total. The van der Waals surface area contributed by atoms with Crippen LogP contribution in [0.3, 0.4) is 0 Å². The molecule has 1 aromatic heterocycles. The van der Waals surface area contributed by atoms with E-state index in [4.69, 9.17) is 0 Å². The maximum Gasteiger partial charge on any atom is 0.0884 e. The van der Waals surface area contributed by atoms with Crippen molar-refractivity contribution in [3.8, 4) is 0 Å². The molecule has 3 heteroatoms. The fraction of sp³-hybridized carbons (Fsp3) is 0.636. The summed E-state index contributed by atoms with van der Waals surface area (Å²) in [5.41, 5.74) is 0. The fourth-order valence-electron chi connectivity index (χ4n) is 1.61. The topological polar surface area (TPSA) is 20.2 Å². The van der Waals surface area contributed by atoms with E-state index in [1.165, 1.54) is 12.8 Å². The number of rotatable bonds is 5. The Kier molecular flexibility index (Phi) is 5.13. The van der Waals surface area contributed by atoms with Gasteiger partial charge in [-0.1, -0.05) is 26.7 Å². The quantitative estimate of drug-likeness (QED) is 0.847. The van der Waals surface area contributed by atoms with Crippen LogP contribution in [0.25, 0.3) is 0 Å². The Balaban J connectivity index is 2.45. The Bertz CT molecular complexity index is 272. The van der Waals surface area contributed by atoms with E-state index >= 15 is 0 Å². The minimum atomic E-state index is -0.284. The van der Waals surface area contributed by atoms with Crippen LogP contribution in [0.4, 0.5) is 0 Å². The molecule has 0 fully saturated rings. The average molecular weight is 277 g/mol. The molecule has 2 unspecified atom stereocenters. The van der Waals surface area contributed by atoms with Gasteiger partial charge in [0.2, 0.25) is 0 Å². The van der Waals surface area contributed by atoms with Crippen LogP contribution in [0, 0.1) is 5.92 Å². The molecular formula is C11H17BrOS. The first kappa shape index (κ1) is 12.2. The molecule has 80 valence electrons. The van der Waals surface area contributed by atoms with Crippen molar-refractivity contribution in [2.45, 2.75) is 39.2 Å². The molecule has 0 spiro atoms. The lowest BCUT2D eigenvalue weighted by molar-refractivity contribution is 0.148. The van der Waals surface area contributed by atoms with Gasteiger partial charge >= 0.3 is 0 Å².